The fourth-order valence-corrected chi connectivity index (χ4v) is 4.47. The smallest absolute Gasteiger partial charge is 0.433 e. The number of rotatable bonds is 8. The van der Waals surface area contributed by atoms with Gasteiger partial charge in [-0.15, -0.1) is 11.3 Å². The number of amides is 1. The van der Waals surface area contributed by atoms with E-state index < -0.39 is 17.8 Å². The molecule has 1 amide bonds. The van der Waals surface area contributed by atoms with Gasteiger partial charge in [-0.1, -0.05) is 12.6 Å². The van der Waals surface area contributed by atoms with Crippen molar-refractivity contribution in [1.29, 1.82) is 0 Å². The molecule has 0 bridgehead atoms. The summed E-state index contributed by atoms with van der Waals surface area (Å²) < 4.78 is 51.7. The molecule has 0 saturated heterocycles. The molecule has 0 aliphatic rings. The fraction of sp³-hybridized carbons (Fsp3) is 0.154. The Hall–Kier alpha value is -4.09. The largest absolute Gasteiger partial charge is 0.494 e. The molecule has 0 spiro atoms. The number of hydrogen-bond donors (Lipinski definition) is 3. The van der Waals surface area contributed by atoms with Gasteiger partial charge in [0.05, 0.1) is 13.7 Å². The molecule has 192 valence electrons. The molecule has 2 aromatic carbocycles. The quantitative estimate of drug-likeness (QED) is 0.221. The predicted octanol–water partition coefficient (Wildman–Crippen LogP) is 4.91. The number of halogens is 3. The molecule has 0 radical (unpaired) electrons. The normalized spacial score (nSPS) is 12.4. The third-order valence-electron chi connectivity index (χ3n) is 5.58. The van der Waals surface area contributed by atoms with Gasteiger partial charge in [-0.3, -0.25) is 4.79 Å². The summed E-state index contributed by atoms with van der Waals surface area (Å²) in [7, 11) is 1.33. The zero-order chi connectivity index (χ0) is 26.7. The lowest BCUT2D eigenvalue weighted by Gasteiger charge is -2.17. The molecule has 0 unspecified atom stereocenters. The first-order valence-electron chi connectivity index (χ1n) is 11.0. The Labute approximate surface area is 214 Å². The highest BCUT2D eigenvalue weighted by atomic mass is 32.1. The molecular formula is C26H23F3N4O3S. The summed E-state index contributed by atoms with van der Waals surface area (Å²) in [5.74, 6) is -0.463. The first kappa shape index (κ1) is 26.0. The number of nitrogens with zero attached hydrogens (tertiary/aromatic N) is 1. The zero-order valence-electron chi connectivity index (χ0n) is 19.7. The van der Waals surface area contributed by atoms with E-state index in [9.17, 15) is 18.0 Å². The summed E-state index contributed by atoms with van der Waals surface area (Å²) in [5, 5.41) is 6.10. The third-order valence-corrected chi connectivity index (χ3v) is 6.48. The number of carbonyl (C=O) groups excluding carboxylic acids is 1. The van der Waals surface area contributed by atoms with Gasteiger partial charge in [0.1, 0.15) is 34.2 Å². The van der Waals surface area contributed by atoms with Crippen molar-refractivity contribution >= 4 is 44.0 Å². The molecule has 4 rings (SSSR count). The Morgan fingerprint density at radius 1 is 1.16 bits per heavy atom. The highest BCUT2D eigenvalue weighted by Gasteiger charge is 2.33. The van der Waals surface area contributed by atoms with Crippen LogP contribution in [0, 0.1) is 0 Å². The van der Waals surface area contributed by atoms with Crippen LogP contribution in [-0.2, 0) is 22.3 Å². The van der Waals surface area contributed by atoms with E-state index in [2.05, 4.69) is 16.9 Å². The van der Waals surface area contributed by atoms with Gasteiger partial charge in [-0.2, -0.15) is 13.2 Å². The number of hydrogen-bond acceptors (Lipinski definition) is 7. The van der Waals surface area contributed by atoms with E-state index in [-0.39, 0.29) is 41.6 Å². The highest BCUT2D eigenvalue weighted by molar-refractivity contribution is 7.17. The molecule has 7 nitrogen and oxygen atoms in total. The lowest BCUT2D eigenvalue weighted by atomic mass is 10.1. The number of ether oxygens (including phenoxy) is 2. The summed E-state index contributed by atoms with van der Waals surface area (Å²) in [4.78, 5) is 16.4. The Kier molecular flexibility index (Phi) is 7.37. The SMILES string of the molecule is C=C(O/C(CN)=C(\N)C(=O)NCc1ccc2sccc2c1)c1ccc(OC)c2nc(C(F)(F)F)ccc12. The molecule has 0 fully saturated rings. The van der Waals surface area contributed by atoms with Crippen LogP contribution in [0.15, 0.2) is 71.9 Å². The van der Waals surface area contributed by atoms with Gasteiger partial charge in [0.2, 0.25) is 0 Å². The van der Waals surface area contributed by atoms with Crippen molar-refractivity contribution in [3.05, 3.63) is 88.8 Å². The van der Waals surface area contributed by atoms with Crippen molar-refractivity contribution in [3.8, 4) is 5.75 Å². The van der Waals surface area contributed by atoms with Crippen LogP contribution in [0.2, 0.25) is 0 Å². The Balaban J connectivity index is 1.55. The molecular weight excluding hydrogens is 505 g/mol. The molecule has 0 aliphatic heterocycles. The zero-order valence-corrected chi connectivity index (χ0v) is 20.5. The van der Waals surface area contributed by atoms with Crippen LogP contribution in [0.3, 0.4) is 0 Å². The Morgan fingerprint density at radius 3 is 2.65 bits per heavy atom. The second-order valence-electron chi connectivity index (χ2n) is 7.95. The minimum Gasteiger partial charge on any atom is -0.494 e. The summed E-state index contributed by atoms with van der Waals surface area (Å²) in [6.07, 6.45) is -4.63. The summed E-state index contributed by atoms with van der Waals surface area (Å²) in [5.41, 5.74) is 11.7. The van der Waals surface area contributed by atoms with E-state index >= 15 is 0 Å². The second kappa shape index (κ2) is 10.5. The molecule has 11 heteroatoms. The van der Waals surface area contributed by atoms with E-state index in [1.807, 2.05) is 29.6 Å². The monoisotopic (exact) mass is 528 g/mol. The molecule has 2 heterocycles. The van der Waals surface area contributed by atoms with Crippen molar-refractivity contribution in [2.45, 2.75) is 12.7 Å². The number of thiophene rings is 1. The Morgan fingerprint density at radius 2 is 1.95 bits per heavy atom. The lowest BCUT2D eigenvalue weighted by molar-refractivity contribution is -0.141. The van der Waals surface area contributed by atoms with Crippen LogP contribution < -0.4 is 21.5 Å². The van der Waals surface area contributed by atoms with E-state index in [0.717, 1.165) is 21.7 Å². The number of benzene rings is 2. The van der Waals surface area contributed by atoms with E-state index in [4.69, 9.17) is 20.9 Å². The van der Waals surface area contributed by atoms with Crippen molar-refractivity contribution in [2.24, 2.45) is 11.5 Å². The van der Waals surface area contributed by atoms with Crippen LogP contribution in [-0.4, -0.2) is 24.5 Å². The maximum atomic E-state index is 13.2. The number of aromatic nitrogens is 1. The Bertz CT molecular complexity index is 1530. The number of alkyl halides is 3. The maximum Gasteiger partial charge on any atom is 0.433 e. The summed E-state index contributed by atoms with van der Waals surface area (Å²) >= 11 is 1.63. The van der Waals surface area contributed by atoms with Crippen molar-refractivity contribution in [3.63, 3.8) is 0 Å². The van der Waals surface area contributed by atoms with Gasteiger partial charge < -0.3 is 26.3 Å². The predicted molar refractivity (Wildman–Crippen MR) is 137 cm³/mol. The average molecular weight is 529 g/mol. The molecule has 0 atom stereocenters. The van der Waals surface area contributed by atoms with Gasteiger partial charge in [-0.05, 0) is 58.8 Å². The first-order valence-corrected chi connectivity index (χ1v) is 11.9. The van der Waals surface area contributed by atoms with E-state index in [1.165, 1.54) is 19.2 Å². The lowest BCUT2D eigenvalue weighted by Crippen LogP contribution is -2.31. The van der Waals surface area contributed by atoms with Crippen molar-refractivity contribution in [1.82, 2.24) is 10.3 Å². The summed E-state index contributed by atoms with van der Waals surface area (Å²) in [6, 6.07) is 13.0. The number of fused-ring (bicyclic) bond motifs is 2. The number of nitrogens with two attached hydrogens (primary N) is 2. The number of pyridine rings is 1. The minimum absolute atomic E-state index is 0.0216. The molecule has 0 aliphatic carbocycles. The van der Waals surface area contributed by atoms with Crippen molar-refractivity contribution in [2.75, 3.05) is 13.7 Å². The topological polar surface area (TPSA) is 112 Å². The molecule has 2 aromatic heterocycles. The molecule has 37 heavy (non-hydrogen) atoms. The maximum absolute atomic E-state index is 13.2. The molecule has 5 N–H and O–H groups in total. The molecule has 0 saturated carbocycles. The van der Waals surface area contributed by atoms with Gasteiger partial charge in [-0.25, -0.2) is 4.98 Å². The minimum atomic E-state index is -4.63. The summed E-state index contributed by atoms with van der Waals surface area (Å²) in [6.45, 7) is 3.88. The van der Waals surface area contributed by atoms with E-state index in [1.54, 1.807) is 17.4 Å². The fourth-order valence-electron chi connectivity index (χ4n) is 3.70. The van der Waals surface area contributed by atoms with Crippen LogP contribution in [0.25, 0.3) is 26.7 Å². The van der Waals surface area contributed by atoms with Crippen LogP contribution in [0.5, 0.6) is 5.75 Å². The number of nitrogens with one attached hydrogen (secondary N) is 1. The standard InChI is InChI=1S/C26H23F3N4O3S/c1-14(17-4-6-19(35-2)24-18(17)5-8-22(33-24)26(27,28)29)36-20(12-30)23(31)25(34)32-13-15-3-7-21-16(11-15)9-10-37-21/h3-11H,1,12-13,30-31H2,2H3,(H,32,34)/b23-20-. The second-order valence-corrected chi connectivity index (χ2v) is 8.90. The highest BCUT2D eigenvalue weighted by Crippen LogP contribution is 2.35. The average Bonchev–Trinajstić information content (AvgIpc) is 3.36. The van der Waals surface area contributed by atoms with Crippen LogP contribution in [0.1, 0.15) is 16.8 Å². The van der Waals surface area contributed by atoms with Gasteiger partial charge >= 0.3 is 6.18 Å². The number of carbonyl (C=O) groups is 1. The first-order chi connectivity index (χ1) is 17.6. The van der Waals surface area contributed by atoms with E-state index in [0.29, 0.717) is 10.9 Å². The van der Waals surface area contributed by atoms with Gasteiger partial charge in [0.15, 0.2) is 0 Å². The third kappa shape index (κ3) is 5.52. The van der Waals surface area contributed by atoms with Crippen molar-refractivity contribution < 1.29 is 27.4 Å². The van der Waals surface area contributed by atoms with Crippen LogP contribution in [0.4, 0.5) is 13.2 Å². The molecule has 4 aromatic rings. The van der Waals surface area contributed by atoms with Gasteiger partial charge in [0, 0.05) is 22.2 Å². The number of methoxy groups -OCH3 is 1. The van der Waals surface area contributed by atoms with Crippen LogP contribution >= 0.6 is 11.3 Å². The van der Waals surface area contributed by atoms with Gasteiger partial charge in [0.25, 0.3) is 5.91 Å².